The molecular formula is C120H144Y7-14. The molecule has 0 spiro atoms. The fourth-order valence-electron chi connectivity index (χ4n) is 10.3. The average molecular weight is 2210 g/mol. The Hall–Kier alpha value is -4.23. The van der Waals surface area contributed by atoms with Crippen LogP contribution in [0, 0.1) is 88.5 Å². The molecule has 0 atom stereocenters. The molecule has 7 radical (unpaired) electrons. The van der Waals surface area contributed by atoms with Crippen LogP contribution in [0.25, 0.3) is 139 Å². The van der Waals surface area contributed by atoms with Crippen molar-refractivity contribution in [1.82, 2.24) is 0 Å². The van der Waals surface area contributed by atoms with E-state index in [9.17, 15) is 0 Å². The Bertz CT molecular complexity index is 5050. The van der Waals surface area contributed by atoms with Crippen LogP contribution >= 0.6 is 0 Å². The predicted octanol–water partition coefficient (Wildman–Crippen LogP) is 38.3. The van der Waals surface area contributed by atoms with E-state index in [1.54, 1.807) is 36.5 Å². The van der Waals surface area contributed by atoms with Crippen LogP contribution in [0.1, 0.15) is 233 Å². The Kier molecular flexibility index (Phi) is 121. The number of rotatable bonds is 7. The standard InChI is InChI=1S/3C16H10.3C12H8.C8H6.14C2H6.7Y/c1-2-12-8-5-9-15-10-13-6-3-4-7-14(13)11-16(12)15;2*1-2-12-7-8-15-10-13-5-3-4-6-14(13)11-16(15)9-12;1-2-10-7-5-8-11-6-3-4-9-12(10)11;2*1-2-10-7-8-11-5-3-4-6-12(11)9-10;1-2-8-6-4-3-5-7-8;14*1-2;;;;;;;/h1-7,9-11H;1-6,8-11H;1-8,10-11H;2*1-6,8-9H;1-8H;1-6H;14*1-2H3;;;;;;;/q7*-2;;;;;;;;;;;;;;;;;;;;;. The molecule has 0 nitrogen and oxygen atoms in total. The Morgan fingerprint density at radius 1 is 0.173 bits per heavy atom. The van der Waals surface area contributed by atoms with E-state index >= 15 is 0 Å². The summed E-state index contributed by atoms with van der Waals surface area (Å²) in [4.78, 5) is 0. The molecule has 0 saturated heterocycles. The second-order valence-corrected chi connectivity index (χ2v) is 21.1. The first kappa shape index (κ1) is 148. The van der Waals surface area contributed by atoms with Gasteiger partial charge in [-0.2, -0.15) is 47.2 Å². The minimum absolute atomic E-state index is 0. The third kappa shape index (κ3) is 56.5. The van der Waals surface area contributed by atoms with Gasteiger partial charge in [-0.15, -0.1) is 97.7 Å². The topological polar surface area (TPSA) is 0 Å². The van der Waals surface area contributed by atoms with Gasteiger partial charge in [0, 0.05) is 229 Å². The van der Waals surface area contributed by atoms with Gasteiger partial charge in [0.1, 0.15) is 0 Å². The molecule has 16 aromatic carbocycles. The monoisotopic (exact) mass is 2210 g/mol. The summed E-state index contributed by atoms with van der Waals surface area (Å²) >= 11 is 0. The Balaban J connectivity index is -0.000000116. The molecule has 16 aromatic rings. The summed E-state index contributed by atoms with van der Waals surface area (Å²) in [6.45, 7) is 94.0. The van der Waals surface area contributed by atoms with Crippen LogP contribution in [0.2, 0.25) is 0 Å². The van der Waals surface area contributed by atoms with Gasteiger partial charge < -0.3 is 93.1 Å². The minimum atomic E-state index is 0. The Morgan fingerprint density at radius 2 is 0.472 bits per heavy atom. The van der Waals surface area contributed by atoms with E-state index in [0.29, 0.717) is 0 Å². The van der Waals surface area contributed by atoms with Crippen molar-refractivity contribution >= 4 is 139 Å². The summed E-state index contributed by atoms with van der Waals surface area (Å²) in [5.41, 5.74) is 6.61. The van der Waals surface area contributed by atoms with Crippen LogP contribution < -0.4 is 0 Å². The summed E-state index contributed by atoms with van der Waals surface area (Å²) in [6.07, 6.45) is 11.0. The molecule has 127 heavy (non-hydrogen) atoms. The van der Waals surface area contributed by atoms with Gasteiger partial charge in [0.15, 0.2) is 0 Å². The van der Waals surface area contributed by atoms with Crippen molar-refractivity contribution in [3.05, 3.63) is 407 Å². The third-order valence-electron chi connectivity index (χ3n) is 15.1. The van der Waals surface area contributed by atoms with Gasteiger partial charge in [0.05, 0.1) is 0 Å². The maximum absolute atomic E-state index is 5.60. The van der Waals surface area contributed by atoms with Crippen LogP contribution in [0.4, 0.5) is 0 Å². The first-order valence-electron chi connectivity index (χ1n) is 43.8. The zero-order valence-electron chi connectivity index (χ0n) is 82.7. The third-order valence-corrected chi connectivity index (χ3v) is 15.1. The molecule has 0 aliphatic heterocycles. The zero-order chi connectivity index (χ0) is 91.9. The number of fused-ring (bicyclic) bond motifs is 9. The summed E-state index contributed by atoms with van der Waals surface area (Å²) in [5, 5.41) is 21.6. The fourth-order valence-corrected chi connectivity index (χ4v) is 10.3. The zero-order valence-corrected chi connectivity index (χ0v) is 103. The maximum atomic E-state index is 5.60. The molecule has 0 saturated carbocycles. The summed E-state index contributed by atoms with van der Waals surface area (Å²) in [7, 11) is 0. The first-order valence-corrected chi connectivity index (χ1v) is 43.8. The van der Waals surface area contributed by atoms with Crippen molar-refractivity contribution in [3.8, 4) is 0 Å². The summed E-state index contributed by atoms with van der Waals surface area (Å²) in [6, 6.07) is 116. The van der Waals surface area contributed by atoms with Crippen molar-refractivity contribution < 1.29 is 229 Å². The molecule has 0 unspecified atom stereocenters. The molecule has 659 valence electrons. The second kappa shape index (κ2) is 104. The average Bonchev–Trinajstić information content (AvgIpc) is 0.798. The van der Waals surface area contributed by atoms with E-state index < -0.39 is 0 Å². The van der Waals surface area contributed by atoms with E-state index in [1.807, 2.05) is 333 Å². The maximum Gasteiger partial charge on any atom is 0 e. The van der Waals surface area contributed by atoms with Gasteiger partial charge in [0.25, 0.3) is 0 Å². The number of hydrogen-bond donors (Lipinski definition) is 0. The largest absolute Gasteiger partial charge is 0.344 e. The van der Waals surface area contributed by atoms with Crippen molar-refractivity contribution in [3.63, 3.8) is 0 Å². The van der Waals surface area contributed by atoms with Crippen molar-refractivity contribution in [2.75, 3.05) is 0 Å². The second-order valence-electron chi connectivity index (χ2n) is 21.1. The molecule has 0 N–H and O–H groups in total. The normalized spacial score (nSPS) is 8.09. The van der Waals surface area contributed by atoms with Gasteiger partial charge in [-0.1, -0.05) is 368 Å². The predicted molar refractivity (Wildman–Crippen MR) is 555 cm³/mol. The molecule has 0 aliphatic carbocycles. The molecule has 0 aliphatic rings. The SMILES string of the molecule is CC.CC.CC.CC.CC.CC.CC.CC.CC.CC.CC.CC.CC.CC.[CH-]=Cc1[c-]c2cc3ccccc3cc2cc1.[CH-]=Cc1[c-]c2ccccc2cc1.[CH-]=Cc1[c-]cc2cc3ccccc3cc2c1.[CH-]=Cc1[c-]cc2ccccc2c1.[CH-]=Cc1[c-]ccc2cc3ccccc3cc12.[CH-]=Cc1[c-]ccc2ccccc12.[CH-]=Cc1[c-]cccc1.[Y].[Y].[Y].[Y].[Y].[Y].[Y]. The number of hydrogen-bond acceptors (Lipinski definition) is 0. The van der Waals surface area contributed by atoms with Gasteiger partial charge in [-0.3, -0.25) is 34.4 Å². The first-order chi connectivity index (χ1) is 59.3. The molecule has 16 rings (SSSR count). The van der Waals surface area contributed by atoms with E-state index in [1.165, 1.54) is 81.5 Å². The van der Waals surface area contributed by atoms with Gasteiger partial charge >= 0.3 is 0 Å². The molecule has 0 fully saturated rings. The van der Waals surface area contributed by atoms with E-state index in [0.717, 1.165) is 60.5 Å². The molecule has 7 heteroatoms. The van der Waals surface area contributed by atoms with Crippen LogP contribution in [-0.4, -0.2) is 0 Å². The Morgan fingerprint density at radius 3 is 0.874 bits per heavy atom. The summed E-state index contributed by atoms with van der Waals surface area (Å²) < 4.78 is 0. The molecule has 0 heterocycles. The van der Waals surface area contributed by atoms with E-state index in [2.05, 4.69) is 182 Å². The van der Waals surface area contributed by atoms with Crippen LogP contribution in [0.3, 0.4) is 0 Å². The van der Waals surface area contributed by atoms with Crippen molar-refractivity contribution in [2.24, 2.45) is 0 Å². The molecule has 0 aromatic heterocycles. The van der Waals surface area contributed by atoms with Crippen molar-refractivity contribution in [1.29, 1.82) is 0 Å². The molecular weight excluding hydrogens is 2060 g/mol. The van der Waals surface area contributed by atoms with Crippen molar-refractivity contribution in [2.45, 2.75) is 194 Å². The van der Waals surface area contributed by atoms with Crippen LogP contribution in [0.15, 0.2) is 279 Å². The molecule has 0 amide bonds. The number of benzene rings is 16. The smallest absolute Gasteiger partial charge is 0 e. The molecule has 0 bridgehead atoms. The van der Waals surface area contributed by atoms with E-state index in [-0.39, 0.29) is 229 Å². The Labute approximate surface area is 954 Å². The fraction of sp³-hybridized carbons (Fsp3) is 0.233. The summed E-state index contributed by atoms with van der Waals surface area (Å²) in [5.74, 6) is 0. The van der Waals surface area contributed by atoms with E-state index in [4.69, 9.17) is 46.1 Å². The van der Waals surface area contributed by atoms with Crippen LogP contribution in [0.5, 0.6) is 0 Å². The minimum Gasteiger partial charge on any atom is -0.344 e. The van der Waals surface area contributed by atoms with Crippen LogP contribution in [-0.2, 0) is 229 Å². The van der Waals surface area contributed by atoms with Gasteiger partial charge in [-0.05, 0) is 26.9 Å². The quantitative estimate of drug-likeness (QED) is 0.110. The van der Waals surface area contributed by atoms with Gasteiger partial charge in [-0.25, -0.2) is 72.8 Å². The van der Waals surface area contributed by atoms with Gasteiger partial charge in [0.2, 0.25) is 0 Å².